The van der Waals surface area contributed by atoms with Crippen molar-refractivity contribution < 1.29 is 13.2 Å². The molecular weight excluding hydrogens is 348 g/mol. The third-order valence-electron chi connectivity index (χ3n) is 3.73. The van der Waals surface area contributed by atoms with Gasteiger partial charge in [-0.15, -0.1) is 0 Å². The van der Waals surface area contributed by atoms with E-state index in [2.05, 4.69) is 10.0 Å². The second kappa shape index (κ2) is 7.41. The summed E-state index contributed by atoms with van der Waals surface area (Å²) in [5.41, 5.74) is 2.59. The average molecular weight is 366 g/mol. The first-order chi connectivity index (χ1) is 12.4. The molecule has 3 rings (SSSR count). The van der Waals surface area contributed by atoms with Crippen molar-refractivity contribution >= 4 is 27.3 Å². The van der Waals surface area contributed by atoms with Crippen molar-refractivity contribution in [1.29, 1.82) is 0 Å². The van der Waals surface area contributed by atoms with Gasteiger partial charge in [-0.05, 0) is 61.0 Å². The number of hydrogen-bond donors (Lipinski definition) is 2. The lowest BCUT2D eigenvalue weighted by molar-refractivity contribution is 0.102. The van der Waals surface area contributed by atoms with Gasteiger partial charge in [0.15, 0.2) is 0 Å². The van der Waals surface area contributed by atoms with Crippen molar-refractivity contribution in [3.63, 3.8) is 0 Å². The molecule has 0 atom stereocenters. The number of amides is 1. The van der Waals surface area contributed by atoms with Crippen LogP contribution in [-0.2, 0) is 10.0 Å². The molecule has 3 aromatic carbocycles. The number of benzene rings is 3. The Kier molecular flexibility index (Phi) is 5.04. The number of hydrogen-bond acceptors (Lipinski definition) is 3. The molecule has 0 bridgehead atoms. The molecule has 0 aromatic heterocycles. The summed E-state index contributed by atoms with van der Waals surface area (Å²) < 4.78 is 27.1. The van der Waals surface area contributed by atoms with Crippen molar-refractivity contribution in [2.24, 2.45) is 0 Å². The first kappa shape index (κ1) is 17.7. The molecule has 1 amide bonds. The minimum atomic E-state index is -3.65. The molecule has 0 aliphatic rings. The van der Waals surface area contributed by atoms with E-state index in [9.17, 15) is 13.2 Å². The van der Waals surface area contributed by atoms with Crippen LogP contribution in [0.3, 0.4) is 0 Å². The Morgan fingerprint density at radius 2 is 1.50 bits per heavy atom. The van der Waals surface area contributed by atoms with Crippen LogP contribution >= 0.6 is 0 Å². The number of carbonyl (C=O) groups excluding carboxylic acids is 1. The smallest absolute Gasteiger partial charge is 0.261 e. The van der Waals surface area contributed by atoms with Gasteiger partial charge in [0.1, 0.15) is 0 Å². The van der Waals surface area contributed by atoms with Gasteiger partial charge in [-0.3, -0.25) is 9.52 Å². The van der Waals surface area contributed by atoms with E-state index in [0.29, 0.717) is 16.9 Å². The predicted molar refractivity (Wildman–Crippen MR) is 103 cm³/mol. The van der Waals surface area contributed by atoms with Crippen LogP contribution in [0.5, 0.6) is 0 Å². The molecule has 0 radical (unpaired) electrons. The normalized spacial score (nSPS) is 11.0. The fourth-order valence-electron chi connectivity index (χ4n) is 2.43. The molecule has 0 unspecified atom stereocenters. The minimum Gasteiger partial charge on any atom is -0.322 e. The molecule has 6 heteroatoms. The predicted octanol–water partition coefficient (Wildman–Crippen LogP) is 4.05. The molecule has 5 nitrogen and oxygen atoms in total. The van der Waals surface area contributed by atoms with Crippen LogP contribution in [0.1, 0.15) is 15.9 Å². The second-order valence-electron chi connectivity index (χ2n) is 5.82. The lowest BCUT2D eigenvalue weighted by atomic mass is 10.2. The van der Waals surface area contributed by atoms with Gasteiger partial charge in [0.05, 0.1) is 4.90 Å². The minimum absolute atomic E-state index is 0.182. The maximum Gasteiger partial charge on any atom is 0.261 e. The first-order valence-corrected chi connectivity index (χ1v) is 9.48. The van der Waals surface area contributed by atoms with Crippen LogP contribution in [0.15, 0.2) is 83.8 Å². The SMILES string of the molecule is Cc1cccc(NC(=O)c2ccc(NS(=O)(=O)c3ccccc3)cc2)c1. The average Bonchev–Trinajstić information content (AvgIpc) is 2.63. The zero-order valence-electron chi connectivity index (χ0n) is 14.1. The van der Waals surface area contributed by atoms with E-state index in [1.54, 1.807) is 42.5 Å². The number of rotatable bonds is 5. The van der Waals surface area contributed by atoms with Gasteiger partial charge >= 0.3 is 0 Å². The third kappa shape index (κ3) is 4.29. The number of aryl methyl sites for hydroxylation is 1. The van der Waals surface area contributed by atoms with Gasteiger partial charge < -0.3 is 5.32 Å². The van der Waals surface area contributed by atoms with Crippen LogP contribution < -0.4 is 10.0 Å². The Morgan fingerprint density at radius 3 is 2.15 bits per heavy atom. The van der Waals surface area contributed by atoms with Crippen LogP contribution in [0.4, 0.5) is 11.4 Å². The number of nitrogens with one attached hydrogen (secondary N) is 2. The standard InChI is InChI=1S/C20H18N2O3S/c1-15-6-5-7-18(14-15)21-20(23)16-10-12-17(13-11-16)22-26(24,25)19-8-3-2-4-9-19/h2-14,22H,1H3,(H,21,23). The molecule has 2 N–H and O–H groups in total. The van der Waals surface area contributed by atoms with Crippen molar-refractivity contribution in [2.75, 3.05) is 10.0 Å². The third-order valence-corrected chi connectivity index (χ3v) is 5.13. The van der Waals surface area contributed by atoms with Crippen molar-refractivity contribution in [1.82, 2.24) is 0 Å². The molecule has 0 fully saturated rings. The molecule has 0 saturated carbocycles. The van der Waals surface area contributed by atoms with Gasteiger partial charge in [-0.1, -0.05) is 30.3 Å². The molecule has 0 spiro atoms. The van der Waals surface area contributed by atoms with Gasteiger partial charge in [0, 0.05) is 16.9 Å². The summed E-state index contributed by atoms with van der Waals surface area (Å²) in [6, 6.07) is 21.9. The van der Waals surface area contributed by atoms with E-state index in [-0.39, 0.29) is 10.8 Å². The molecule has 0 aliphatic heterocycles. The Hall–Kier alpha value is -3.12. The van der Waals surface area contributed by atoms with E-state index >= 15 is 0 Å². The number of anilines is 2. The maximum atomic E-state index is 12.3. The number of sulfonamides is 1. The zero-order valence-corrected chi connectivity index (χ0v) is 15.0. The quantitative estimate of drug-likeness (QED) is 0.715. The largest absolute Gasteiger partial charge is 0.322 e. The monoisotopic (exact) mass is 366 g/mol. The molecule has 0 saturated heterocycles. The van der Waals surface area contributed by atoms with E-state index in [1.165, 1.54) is 12.1 Å². The Labute approximate surface area is 152 Å². The lowest BCUT2D eigenvalue weighted by Crippen LogP contribution is -2.14. The highest BCUT2D eigenvalue weighted by Gasteiger charge is 2.14. The van der Waals surface area contributed by atoms with Crippen molar-refractivity contribution in [3.05, 3.63) is 90.0 Å². The van der Waals surface area contributed by atoms with Crippen LogP contribution in [0.2, 0.25) is 0 Å². The summed E-state index contributed by atoms with van der Waals surface area (Å²) in [6.07, 6.45) is 0. The molecule has 0 aliphatic carbocycles. The molecule has 26 heavy (non-hydrogen) atoms. The Bertz CT molecular complexity index is 1010. The van der Waals surface area contributed by atoms with Gasteiger partial charge in [0.25, 0.3) is 15.9 Å². The van der Waals surface area contributed by atoms with Gasteiger partial charge in [-0.2, -0.15) is 0 Å². The fraction of sp³-hybridized carbons (Fsp3) is 0.0500. The Balaban J connectivity index is 1.71. The first-order valence-electron chi connectivity index (χ1n) is 8.00. The van der Waals surface area contributed by atoms with Gasteiger partial charge in [0.2, 0.25) is 0 Å². The van der Waals surface area contributed by atoms with Crippen LogP contribution in [-0.4, -0.2) is 14.3 Å². The molecule has 3 aromatic rings. The topological polar surface area (TPSA) is 75.3 Å². The van der Waals surface area contributed by atoms with Crippen LogP contribution in [0, 0.1) is 6.92 Å². The summed E-state index contributed by atoms with van der Waals surface area (Å²) in [5.74, 6) is -0.256. The summed E-state index contributed by atoms with van der Waals surface area (Å²) in [5, 5.41) is 2.82. The summed E-state index contributed by atoms with van der Waals surface area (Å²) >= 11 is 0. The maximum absolute atomic E-state index is 12.3. The zero-order chi connectivity index (χ0) is 18.6. The van der Waals surface area contributed by atoms with E-state index in [4.69, 9.17) is 0 Å². The summed E-state index contributed by atoms with van der Waals surface area (Å²) in [7, 11) is -3.65. The fourth-order valence-corrected chi connectivity index (χ4v) is 3.51. The lowest BCUT2D eigenvalue weighted by Gasteiger charge is -2.09. The highest BCUT2D eigenvalue weighted by atomic mass is 32.2. The highest BCUT2D eigenvalue weighted by Crippen LogP contribution is 2.17. The summed E-state index contributed by atoms with van der Waals surface area (Å²) in [4.78, 5) is 12.5. The number of carbonyl (C=O) groups is 1. The van der Waals surface area contributed by atoms with Crippen LogP contribution in [0.25, 0.3) is 0 Å². The molecular formula is C20H18N2O3S. The van der Waals surface area contributed by atoms with Crippen molar-refractivity contribution in [2.45, 2.75) is 11.8 Å². The second-order valence-corrected chi connectivity index (χ2v) is 7.50. The molecule has 132 valence electrons. The van der Waals surface area contributed by atoms with E-state index in [0.717, 1.165) is 5.56 Å². The van der Waals surface area contributed by atoms with Gasteiger partial charge in [-0.25, -0.2) is 8.42 Å². The van der Waals surface area contributed by atoms with Crippen molar-refractivity contribution in [3.8, 4) is 0 Å². The summed E-state index contributed by atoms with van der Waals surface area (Å²) in [6.45, 7) is 1.95. The Morgan fingerprint density at radius 1 is 0.808 bits per heavy atom. The van der Waals surface area contributed by atoms with E-state index in [1.807, 2.05) is 31.2 Å². The van der Waals surface area contributed by atoms with E-state index < -0.39 is 10.0 Å². The highest BCUT2D eigenvalue weighted by molar-refractivity contribution is 7.92. The molecule has 0 heterocycles.